The Kier molecular flexibility index (Phi) is 6.17. The highest BCUT2D eigenvalue weighted by Crippen LogP contribution is 2.28. The second-order valence-electron chi connectivity index (χ2n) is 7.86. The maximum Gasteiger partial charge on any atom is 0.272 e. The van der Waals surface area contributed by atoms with Crippen molar-refractivity contribution >= 4 is 17.3 Å². The first-order chi connectivity index (χ1) is 14.2. The van der Waals surface area contributed by atoms with E-state index in [-0.39, 0.29) is 5.91 Å². The van der Waals surface area contributed by atoms with Crippen molar-refractivity contribution in [3.63, 3.8) is 0 Å². The van der Waals surface area contributed by atoms with Gasteiger partial charge in [-0.2, -0.15) is 0 Å². The van der Waals surface area contributed by atoms with E-state index in [0.29, 0.717) is 24.8 Å². The summed E-state index contributed by atoms with van der Waals surface area (Å²) in [6, 6.07) is 12.4. The van der Waals surface area contributed by atoms with Gasteiger partial charge < -0.3 is 19.9 Å². The van der Waals surface area contributed by atoms with E-state index in [0.717, 1.165) is 30.2 Å². The van der Waals surface area contributed by atoms with E-state index < -0.39 is 0 Å². The minimum absolute atomic E-state index is 0.00823. The summed E-state index contributed by atoms with van der Waals surface area (Å²) in [5.41, 5.74) is 2.61. The van der Waals surface area contributed by atoms with Gasteiger partial charge in [-0.15, -0.1) is 0 Å². The monoisotopic (exact) mass is 394 g/mol. The van der Waals surface area contributed by atoms with Gasteiger partial charge in [0.2, 0.25) is 0 Å². The van der Waals surface area contributed by atoms with Crippen LogP contribution < -0.4 is 15.0 Å². The Hall–Kier alpha value is -2.76. The molecule has 0 atom stereocenters. The van der Waals surface area contributed by atoms with Gasteiger partial charge in [0, 0.05) is 32.2 Å². The van der Waals surface area contributed by atoms with E-state index in [1.165, 1.54) is 32.1 Å². The number of carbonyl (C=O) groups is 1. The third-order valence-electron chi connectivity index (χ3n) is 5.95. The Labute approximate surface area is 172 Å². The molecule has 6 nitrogen and oxygen atoms in total. The summed E-state index contributed by atoms with van der Waals surface area (Å²) >= 11 is 0. The second-order valence-corrected chi connectivity index (χ2v) is 7.86. The fraction of sp³-hybridized carbons (Fsp3) is 0.478. The van der Waals surface area contributed by atoms with Crippen molar-refractivity contribution in [3.05, 3.63) is 48.3 Å². The zero-order valence-corrected chi connectivity index (χ0v) is 17.1. The summed E-state index contributed by atoms with van der Waals surface area (Å²) in [4.78, 5) is 21.5. The average molecular weight is 395 g/mol. The molecule has 1 N–H and O–H groups in total. The van der Waals surface area contributed by atoms with Gasteiger partial charge in [-0.25, -0.2) is 4.98 Å². The van der Waals surface area contributed by atoms with Crippen LogP contribution in [0, 0.1) is 0 Å². The molecule has 2 aromatic rings. The molecule has 4 rings (SSSR count). The fourth-order valence-electron chi connectivity index (χ4n) is 4.29. The van der Waals surface area contributed by atoms with Crippen molar-refractivity contribution in [3.8, 4) is 5.75 Å². The molecular formula is C23H30N4O2. The molecule has 0 spiro atoms. The largest absolute Gasteiger partial charge is 0.495 e. The Morgan fingerprint density at radius 2 is 1.79 bits per heavy atom. The van der Waals surface area contributed by atoms with Crippen LogP contribution in [0.25, 0.3) is 0 Å². The van der Waals surface area contributed by atoms with E-state index >= 15 is 0 Å². The molecule has 29 heavy (non-hydrogen) atoms. The molecule has 0 unspecified atom stereocenters. The van der Waals surface area contributed by atoms with Crippen molar-refractivity contribution in [2.75, 3.05) is 43.5 Å². The Balaban J connectivity index is 1.33. The summed E-state index contributed by atoms with van der Waals surface area (Å²) in [5.74, 6) is 0.879. The molecule has 0 radical (unpaired) electrons. The minimum atomic E-state index is 0.00823. The fourth-order valence-corrected chi connectivity index (χ4v) is 4.29. The van der Waals surface area contributed by atoms with E-state index in [1.54, 1.807) is 13.3 Å². The van der Waals surface area contributed by atoms with Gasteiger partial charge in [0.05, 0.1) is 24.7 Å². The number of nitrogens with one attached hydrogen (secondary N) is 1. The number of nitrogens with zero attached hydrogens (tertiary/aromatic N) is 3. The molecule has 1 aliphatic heterocycles. The number of piperazine rings is 1. The predicted octanol–water partition coefficient (Wildman–Crippen LogP) is 3.80. The van der Waals surface area contributed by atoms with E-state index in [4.69, 9.17) is 4.74 Å². The standard InChI is InChI=1S/C23H30N4O2/c1-29-22-10-6-5-9-21(22)26-13-15-27(16-14-26)23(28)20-12-11-19(17-24-20)25-18-7-3-2-4-8-18/h5-6,9-12,17-18,25H,2-4,7-8,13-16H2,1H3. The number of para-hydroxylation sites is 2. The SMILES string of the molecule is COc1ccccc1N1CCN(C(=O)c2ccc(NC3CCCCC3)cn2)CC1. The minimum Gasteiger partial charge on any atom is -0.495 e. The first-order valence-electron chi connectivity index (χ1n) is 10.6. The van der Waals surface area contributed by atoms with E-state index in [2.05, 4.69) is 21.3 Å². The maximum absolute atomic E-state index is 12.9. The topological polar surface area (TPSA) is 57.7 Å². The molecule has 0 bridgehead atoms. The molecule has 2 aliphatic rings. The van der Waals surface area contributed by atoms with Gasteiger partial charge in [-0.3, -0.25) is 4.79 Å². The summed E-state index contributed by atoms with van der Waals surface area (Å²) in [5, 5.41) is 3.56. The molecule has 2 heterocycles. The molecule has 154 valence electrons. The lowest BCUT2D eigenvalue weighted by Gasteiger charge is -2.36. The summed E-state index contributed by atoms with van der Waals surface area (Å²) < 4.78 is 5.47. The smallest absolute Gasteiger partial charge is 0.272 e. The van der Waals surface area contributed by atoms with Crippen LogP contribution in [0.4, 0.5) is 11.4 Å². The Morgan fingerprint density at radius 1 is 1.03 bits per heavy atom. The number of pyridine rings is 1. The van der Waals surface area contributed by atoms with Gasteiger partial charge in [-0.05, 0) is 37.1 Å². The third kappa shape index (κ3) is 4.63. The Morgan fingerprint density at radius 3 is 2.48 bits per heavy atom. The molecule has 1 saturated heterocycles. The van der Waals surface area contributed by atoms with Crippen LogP contribution >= 0.6 is 0 Å². The van der Waals surface area contributed by atoms with Crippen molar-refractivity contribution in [2.45, 2.75) is 38.1 Å². The highest BCUT2D eigenvalue weighted by Gasteiger charge is 2.24. The first kappa shape index (κ1) is 19.6. The predicted molar refractivity (Wildman–Crippen MR) is 116 cm³/mol. The number of benzene rings is 1. The van der Waals surface area contributed by atoms with Crippen molar-refractivity contribution in [2.24, 2.45) is 0 Å². The summed E-state index contributed by atoms with van der Waals surface area (Å²) in [7, 11) is 1.69. The van der Waals surface area contributed by atoms with Gasteiger partial charge in [-0.1, -0.05) is 31.4 Å². The van der Waals surface area contributed by atoms with E-state index in [9.17, 15) is 4.79 Å². The highest BCUT2D eigenvalue weighted by atomic mass is 16.5. The van der Waals surface area contributed by atoms with E-state index in [1.807, 2.05) is 35.2 Å². The number of aromatic nitrogens is 1. The van der Waals surface area contributed by atoms with Crippen LogP contribution in [0.5, 0.6) is 5.75 Å². The second kappa shape index (κ2) is 9.16. The van der Waals surface area contributed by atoms with Crippen LogP contribution in [-0.4, -0.2) is 55.1 Å². The highest BCUT2D eigenvalue weighted by molar-refractivity contribution is 5.92. The zero-order chi connectivity index (χ0) is 20.1. The zero-order valence-electron chi connectivity index (χ0n) is 17.1. The molecule has 1 amide bonds. The van der Waals surface area contributed by atoms with Crippen molar-refractivity contribution in [1.29, 1.82) is 0 Å². The summed E-state index contributed by atoms with van der Waals surface area (Å²) in [6.45, 7) is 2.93. The maximum atomic E-state index is 12.9. The molecule has 2 fully saturated rings. The van der Waals surface area contributed by atoms with Crippen molar-refractivity contribution in [1.82, 2.24) is 9.88 Å². The number of anilines is 2. The number of methoxy groups -OCH3 is 1. The molecule has 1 aromatic heterocycles. The Bertz CT molecular complexity index is 810. The third-order valence-corrected chi connectivity index (χ3v) is 5.95. The normalized spacial score (nSPS) is 17.8. The number of amides is 1. The van der Waals surface area contributed by atoms with Crippen LogP contribution in [-0.2, 0) is 0 Å². The van der Waals surface area contributed by atoms with Gasteiger partial charge >= 0.3 is 0 Å². The van der Waals surface area contributed by atoms with Crippen LogP contribution in [0.2, 0.25) is 0 Å². The first-order valence-corrected chi connectivity index (χ1v) is 10.6. The van der Waals surface area contributed by atoms with Gasteiger partial charge in [0.25, 0.3) is 5.91 Å². The van der Waals surface area contributed by atoms with Gasteiger partial charge in [0.15, 0.2) is 0 Å². The quantitative estimate of drug-likeness (QED) is 0.836. The number of rotatable bonds is 5. The number of hydrogen-bond acceptors (Lipinski definition) is 5. The van der Waals surface area contributed by atoms with Crippen LogP contribution in [0.15, 0.2) is 42.6 Å². The molecular weight excluding hydrogens is 364 g/mol. The average Bonchev–Trinajstić information content (AvgIpc) is 2.80. The van der Waals surface area contributed by atoms with Crippen LogP contribution in [0.3, 0.4) is 0 Å². The number of carbonyl (C=O) groups excluding carboxylic acids is 1. The lowest BCUT2D eigenvalue weighted by atomic mass is 9.95. The molecule has 1 saturated carbocycles. The van der Waals surface area contributed by atoms with Crippen LogP contribution in [0.1, 0.15) is 42.6 Å². The number of hydrogen-bond donors (Lipinski definition) is 1. The van der Waals surface area contributed by atoms with Gasteiger partial charge in [0.1, 0.15) is 11.4 Å². The molecule has 6 heteroatoms. The summed E-state index contributed by atoms with van der Waals surface area (Å²) in [6.07, 6.45) is 8.17. The molecule has 1 aromatic carbocycles. The molecule has 1 aliphatic carbocycles. The number of ether oxygens (including phenoxy) is 1. The van der Waals surface area contributed by atoms with Crippen molar-refractivity contribution < 1.29 is 9.53 Å². The lowest BCUT2D eigenvalue weighted by Crippen LogP contribution is -2.49. The lowest BCUT2D eigenvalue weighted by molar-refractivity contribution is 0.0741.